The molecule has 0 aliphatic carbocycles. The van der Waals surface area contributed by atoms with E-state index in [2.05, 4.69) is 5.32 Å². The van der Waals surface area contributed by atoms with Crippen molar-refractivity contribution in [2.45, 2.75) is 19.3 Å². The number of rotatable bonds is 7. The van der Waals surface area contributed by atoms with E-state index in [-0.39, 0.29) is 5.91 Å². The SMILES string of the molecule is CN(C)CCNC(=O)CCCCCl. The summed E-state index contributed by atoms with van der Waals surface area (Å²) in [6.45, 7) is 1.62. The Hall–Kier alpha value is -0.280. The number of hydrogen-bond donors (Lipinski definition) is 1. The summed E-state index contributed by atoms with van der Waals surface area (Å²) in [5, 5.41) is 2.85. The van der Waals surface area contributed by atoms with E-state index in [0.29, 0.717) is 12.3 Å². The van der Waals surface area contributed by atoms with Crippen LogP contribution in [-0.4, -0.2) is 43.9 Å². The van der Waals surface area contributed by atoms with Gasteiger partial charge in [-0.2, -0.15) is 0 Å². The molecule has 0 rings (SSSR count). The van der Waals surface area contributed by atoms with Crippen molar-refractivity contribution in [3.05, 3.63) is 0 Å². The maximum atomic E-state index is 11.1. The Kier molecular flexibility index (Phi) is 8.14. The molecule has 0 aromatic heterocycles. The average Bonchev–Trinajstić information content (AvgIpc) is 2.04. The Bertz CT molecular complexity index is 140. The first-order valence-electron chi connectivity index (χ1n) is 4.64. The fraction of sp³-hybridized carbons (Fsp3) is 0.889. The predicted molar refractivity (Wildman–Crippen MR) is 56.1 cm³/mol. The van der Waals surface area contributed by atoms with Gasteiger partial charge in [-0.25, -0.2) is 0 Å². The van der Waals surface area contributed by atoms with Crippen LogP contribution in [0, 0.1) is 0 Å². The van der Waals surface area contributed by atoms with Gasteiger partial charge in [0.15, 0.2) is 0 Å². The van der Waals surface area contributed by atoms with E-state index in [1.807, 2.05) is 19.0 Å². The van der Waals surface area contributed by atoms with Gasteiger partial charge in [0.2, 0.25) is 5.91 Å². The number of nitrogens with one attached hydrogen (secondary N) is 1. The number of alkyl halides is 1. The quantitative estimate of drug-likeness (QED) is 0.500. The monoisotopic (exact) mass is 206 g/mol. The number of hydrogen-bond acceptors (Lipinski definition) is 2. The van der Waals surface area contributed by atoms with Gasteiger partial charge in [0.25, 0.3) is 0 Å². The van der Waals surface area contributed by atoms with Crippen molar-refractivity contribution in [3.8, 4) is 0 Å². The molecule has 0 atom stereocenters. The lowest BCUT2D eigenvalue weighted by Crippen LogP contribution is -2.31. The fourth-order valence-corrected chi connectivity index (χ4v) is 1.08. The minimum atomic E-state index is 0.131. The molecular weight excluding hydrogens is 188 g/mol. The lowest BCUT2D eigenvalue weighted by molar-refractivity contribution is -0.121. The fourth-order valence-electron chi connectivity index (χ4n) is 0.887. The molecule has 0 aliphatic rings. The molecule has 0 aromatic rings. The molecule has 1 amide bonds. The zero-order valence-electron chi connectivity index (χ0n) is 8.48. The number of carbonyl (C=O) groups is 1. The second-order valence-corrected chi connectivity index (χ2v) is 3.68. The standard InChI is InChI=1S/C9H19ClN2O/c1-12(2)8-7-11-9(13)5-3-4-6-10/h3-8H2,1-2H3,(H,11,13). The zero-order chi connectivity index (χ0) is 10.1. The van der Waals surface area contributed by atoms with Crippen LogP contribution in [0.3, 0.4) is 0 Å². The van der Waals surface area contributed by atoms with Gasteiger partial charge >= 0.3 is 0 Å². The maximum Gasteiger partial charge on any atom is 0.220 e. The van der Waals surface area contributed by atoms with Crippen LogP contribution in [-0.2, 0) is 4.79 Å². The second-order valence-electron chi connectivity index (χ2n) is 3.30. The highest BCUT2D eigenvalue weighted by molar-refractivity contribution is 6.17. The van der Waals surface area contributed by atoms with E-state index < -0.39 is 0 Å². The van der Waals surface area contributed by atoms with E-state index >= 15 is 0 Å². The molecule has 0 heterocycles. The van der Waals surface area contributed by atoms with Gasteiger partial charge in [-0.15, -0.1) is 11.6 Å². The van der Waals surface area contributed by atoms with Crippen molar-refractivity contribution in [2.24, 2.45) is 0 Å². The topological polar surface area (TPSA) is 32.3 Å². The van der Waals surface area contributed by atoms with E-state index in [1.165, 1.54) is 0 Å². The van der Waals surface area contributed by atoms with E-state index in [1.54, 1.807) is 0 Å². The smallest absolute Gasteiger partial charge is 0.220 e. The van der Waals surface area contributed by atoms with Crippen LogP contribution in [0.1, 0.15) is 19.3 Å². The molecule has 0 fully saturated rings. The number of nitrogens with zero attached hydrogens (tertiary/aromatic N) is 1. The average molecular weight is 207 g/mol. The first-order valence-corrected chi connectivity index (χ1v) is 5.17. The van der Waals surface area contributed by atoms with Crippen LogP contribution in [0.4, 0.5) is 0 Å². The van der Waals surface area contributed by atoms with E-state index in [4.69, 9.17) is 11.6 Å². The van der Waals surface area contributed by atoms with Crippen LogP contribution >= 0.6 is 11.6 Å². The summed E-state index contributed by atoms with van der Waals surface area (Å²) in [4.78, 5) is 13.2. The van der Waals surface area contributed by atoms with Crippen LogP contribution in [0.25, 0.3) is 0 Å². The summed E-state index contributed by atoms with van der Waals surface area (Å²) in [7, 11) is 3.97. The summed E-state index contributed by atoms with van der Waals surface area (Å²) in [6, 6.07) is 0. The van der Waals surface area contributed by atoms with Gasteiger partial charge in [0, 0.05) is 25.4 Å². The van der Waals surface area contributed by atoms with E-state index in [9.17, 15) is 4.79 Å². The number of carbonyl (C=O) groups excluding carboxylic acids is 1. The number of likely N-dealkylation sites (N-methyl/N-ethyl adjacent to an activating group) is 1. The Morgan fingerprint density at radius 1 is 1.38 bits per heavy atom. The number of unbranched alkanes of at least 4 members (excludes halogenated alkanes) is 1. The van der Waals surface area contributed by atoms with Gasteiger partial charge in [-0.3, -0.25) is 4.79 Å². The Morgan fingerprint density at radius 2 is 2.08 bits per heavy atom. The molecule has 0 saturated carbocycles. The molecule has 0 saturated heterocycles. The minimum absolute atomic E-state index is 0.131. The van der Waals surface area contributed by atoms with Crippen LogP contribution in [0.15, 0.2) is 0 Å². The third kappa shape index (κ3) is 9.64. The van der Waals surface area contributed by atoms with Crippen molar-refractivity contribution in [1.29, 1.82) is 0 Å². The normalized spacial score (nSPS) is 10.5. The first-order chi connectivity index (χ1) is 6.16. The lowest BCUT2D eigenvalue weighted by Gasteiger charge is -2.09. The minimum Gasteiger partial charge on any atom is -0.355 e. The molecule has 0 aliphatic heterocycles. The largest absolute Gasteiger partial charge is 0.355 e. The summed E-state index contributed by atoms with van der Waals surface area (Å²) in [5.41, 5.74) is 0. The number of halogens is 1. The molecule has 0 spiro atoms. The van der Waals surface area contributed by atoms with Crippen molar-refractivity contribution in [3.63, 3.8) is 0 Å². The Balaban J connectivity index is 3.20. The Morgan fingerprint density at radius 3 is 2.62 bits per heavy atom. The zero-order valence-corrected chi connectivity index (χ0v) is 9.23. The van der Waals surface area contributed by atoms with E-state index in [0.717, 1.165) is 25.9 Å². The van der Waals surface area contributed by atoms with Gasteiger partial charge in [-0.05, 0) is 26.9 Å². The summed E-state index contributed by atoms with van der Waals surface area (Å²) >= 11 is 5.49. The molecule has 0 unspecified atom stereocenters. The highest BCUT2D eigenvalue weighted by Crippen LogP contribution is 1.96. The van der Waals surface area contributed by atoms with Crippen molar-refractivity contribution < 1.29 is 4.79 Å². The number of amides is 1. The summed E-state index contributed by atoms with van der Waals surface area (Å²) < 4.78 is 0. The van der Waals surface area contributed by atoms with Crippen LogP contribution < -0.4 is 5.32 Å². The predicted octanol–water partition coefficient (Wildman–Crippen LogP) is 1.07. The summed E-state index contributed by atoms with van der Waals surface area (Å²) in [5.74, 6) is 0.775. The van der Waals surface area contributed by atoms with Crippen molar-refractivity contribution in [1.82, 2.24) is 10.2 Å². The van der Waals surface area contributed by atoms with Gasteiger partial charge in [-0.1, -0.05) is 0 Å². The molecule has 3 nitrogen and oxygen atoms in total. The van der Waals surface area contributed by atoms with Crippen LogP contribution in [0.2, 0.25) is 0 Å². The molecular formula is C9H19ClN2O. The van der Waals surface area contributed by atoms with Gasteiger partial charge in [0.1, 0.15) is 0 Å². The molecule has 13 heavy (non-hydrogen) atoms. The maximum absolute atomic E-state index is 11.1. The molecule has 0 radical (unpaired) electrons. The molecule has 78 valence electrons. The van der Waals surface area contributed by atoms with Crippen LogP contribution in [0.5, 0.6) is 0 Å². The van der Waals surface area contributed by atoms with Crippen molar-refractivity contribution >= 4 is 17.5 Å². The van der Waals surface area contributed by atoms with Crippen molar-refractivity contribution in [2.75, 3.05) is 33.1 Å². The third-order valence-corrected chi connectivity index (χ3v) is 1.94. The van der Waals surface area contributed by atoms with Gasteiger partial charge in [0.05, 0.1) is 0 Å². The first kappa shape index (κ1) is 12.7. The molecule has 0 aromatic carbocycles. The highest BCUT2D eigenvalue weighted by atomic mass is 35.5. The Labute approximate surface area is 85.4 Å². The summed E-state index contributed by atoms with van der Waals surface area (Å²) in [6.07, 6.45) is 2.40. The second kappa shape index (κ2) is 8.32. The third-order valence-electron chi connectivity index (χ3n) is 1.67. The highest BCUT2D eigenvalue weighted by Gasteiger charge is 1.99. The molecule has 0 bridgehead atoms. The molecule has 4 heteroatoms. The lowest BCUT2D eigenvalue weighted by atomic mass is 10.2. The van der Waals surface area contributed by atoms with Gasteiger partial charge < -0.3 is 10.2 Å². The molecule has 1 N–H and O–H groups in total.